The molecular weight excluding hydrogens is 340 g/mol. The van der Waals surface area contributed by atoms with Crippen molar-refractivity contribution in [1.82, 2.24) is 9.21 Å². The molecule has 2 aliphatic rings. The number of rotatable bonds is 2. The zero-order chi connectivity index (χ0) is 18.4. The first-order valence-corrected chi connectivity index (χ1v) is 10.1. The summed E-state index contributed by atoms with van der Waals surface area (Å²) in [4.78, 5) is 13.7. The van der Waals surface area contributed by atoms with Crippen molar-refractivity contribution in [2.24, 2.45) is 0 Å². The third-order valence-electron chi connectivity index (χ3n) is 5.04. The molecule has 1 aromatic carbocycles. The highest BCUT2D eigenvalue weighted by atomic mass is 32.2. The molecule has 1 atom stereocenters. The van der Waals surface area contributed by atoms with Gasteiger partial charge in [0.2, 0.25) is 15.9 Å². The van der Waals surface area contributed by atoms with E-state index in [1.807, 2.05) is 26.8 Å². The first kappa shape index (κ1) is 18.4. The van der Waals surface area contributed by atoms with Gasteiger partial charge in [-0.3, -0.25) is 4.79 Å². The van der Waals surface area contributed by atoms with Crippen molar-refractivity contribution in [3.8, 4) is 0 Å². The third kappa shape index (κ3) is 3.45. The van der Waals surface area contributed by atoms with Crippen LogP contribution in [0.15, 0.2) is 23.1 Å². The van der Waals surface area contributed by atoms with E-state index in [1.54, 1.807) is 28.3 Å². The zero-order valence-electron chi connectivity index (χ0n) is 15.3. The summed E-state index contributed by atoms with van der Waals surface area (Å²) in [7, 11) is -3.62. The van der Waals surface area contributed by atoms with Crippen LogP contribution in [-0.2, 0) is 32.5 Å². The van der Waals surface area contributed by atoms with E-state index in [9.17, 15) is 13.2 Å². The van der Waals surface area contributed by atoms with Gasteiger partial charge in [-0.05, 0) is 50.5 Å². The maximum Gasteiger partial charge on any atom is 0.243 e. The van der Waals surface area contributed by atoms with Crippen molar-refractivity contribution < 1.29 is 17.9 Å². The van der Waals surface area contributed by atoms with Gasteiger partial charge in [0.15, 0.2) is 0 Å². The molecular formula is C18H26N2O4S. The van der Waals surface area contributed by atoms with Crippen molar-refractivity contribution in [3.63, 3.8) is 0 Å². The number of amides is 1. The van der Waals surface area contributed by atoms with Gasteiger partial charge in [-0.25, -0.2) is 8.42 Å². The Morgan fingerprint density at radius 1 is 1.28 bits per heavy atom. The third-order valence-corrected chi connectivity index (χ3v) is 7.12. The molecule has 2 heterocycles. The molecule has 0 saturated carbocycles. The topological polar surface area (TPSA) is 66.9 Å². The molecule has 6 nitrogen and oxygen atoms in total. The minimum absolute atomic E-state index is 0.0158. The molecule has 25 heavy (non-hydrogen) atoms. The van der Waals surface area contributed by atoms with Crippen molar-refractivity contribution >= 4 is 15.9 Å². The zero-order valence-corrected chi connectivity index (χ0v) is 16.1. The number of carbonyl (C=O) groups excluding carboxylic acids is 1. The summed E-state index contributed by atoms with van der Waals surface area (Å²) in [6, 6.07) is 5.31. The van der Waals surface area contributed by atoms with Crippen LogP contribution in [0.4, 0.5) is 0 Å². The van der Waals surface area contributed by atoms with Gasteiger partial charge < -0.3 is 9.64 Å². The molecule has 0 bridgehead atoms. The molecule has 1 fully saturated rings. The minimum atomic E-state index is -3.62. The Hall–Kier alpha value is -1.44. The van der Waals surface area contributed by atoms with Crippen LogP contribution in [-0.4, -0.2) is 54.9 Å². The average Bonchev–Trinajstić information content (AvgIpc) is 2.55. The molecule has 7 heteroatoms. The molecule has 1 unspecified atom stereocenters. The second-order valence-corrected chi connectivity index (χ2v) is 9.45. The smallest absolute Gasteiger partial charge is 0.243 e. The molecule has 2 aliphatic heterocycles. The molecule has 138 valence electrons. The Balaban J connectivity index is 1.96. The number of morpholine rings is 1. The maximum absolute atomic E-state index is 13.2. The molecule has 0 spiro atoms. The minimum Gasteiger partial charge on any atom is -0.375 e. The van der Waals surface area contributed by atoms with E-state index >= 15 is 0 Å². The van der Waals surface area contributed by atoms with Crippen molar-refractivity contribution in [3.05, 3.63) is 29.3 Å². The van der Waals surface area contributed by atoms with Gasteiger partial charge >= 0.3 is 0 Å². The highest BCUT2D eigenvalue weighted by molar-refractivity contribution is 7.89. The summed E-state index contributed by atoms with van der Waals surface area (Å²) in [5, 5.41) is 0. The first-order valence-electron chi connectivity index (χ1n) is 8.63. The predicted octanol–water partition coefficient (Wildman–Crippen LogP) is 1.78. The molecule has 1 aromatic rings. The van der Waals surface area contributed by atoms with Gasteiger partial charge in [-0.1, -0.05) is 6.07 Å². The van der Waals surface area contributed by atoms with Crippen LogP contribution in [0.3, 0.4) is 0 Å². The molecule has 1 saturated heterocycles. The average molecular weight is 366 g/mol. The number of hydrogen-bond donors (Lipinski definition) is 0. The monoisotopic (exact) mass is 366 g/mol. The van der Waals surface area contributed by atoms with Crippen LogP contribution in [0.2, 0.25) is 0 Å². The Morgan fingerprint density at radius 3 is 2.68 bits per heavy atom. The van der Waals surface area contributed by atoms with E-state index < -0.39 is 15.6 Å². The number of ether oxygens (including phenoxy) is 1. The van der Waals surface area contributed by atoms with Crippen molar-refractivity contribution in [2.75, 3.05) is 19.7 Å². The fourth-order valence-corrected chi connectivity index (χ4v) is 5.36. The number of nitrogens with zero attached hydrogens (tertiary/aromatic N) is 2. The number of fused-ring (bicyclic) bond motifs is 1. The summed E-state index contributed by atoms with van der Waals surface area (Å²) in [5.41, 5.74) is 1.44. The lowest BCUT2D eigenvalue weighted by molar-refractivity contribution is -0.129. The molecule has 0 radical (unpaired) electrons. The number of hydrogen-bond acceptors (Lipinski definition) is 4. The molecule has 3 rings (SSSR count). The molecule has 1 amide bonds. The summed E-state index contributed by atoms with van der Waals surface area (Å²) in [6.45, 7) is 9.05. The lowest BCUT2D eigenvalue weighted by Crippen LogP contribution is -2.57. The Kier molecular flexibility index (Phi) is 4.68. The number of sulfonamides is 1. The Bertz CT molecular complexity index is 788. The van der Waals surface area contributed by atoms with Crippen LogP contribution in [0, 0.1) is 0 Å². The summed E-state index contributed by atoms with van der Waals surface area (Å²) >= 11 is 0. The summed E-state index contributed by atoms with van der Waals surface area (Å²) < 4.78 is 33.7. The summed E-state index contributed by atoms with van der Waals surface area (Å²) in [5.74, 6) is 0.0158. The molecule has 0 N–H and O–H groups in total. The van der Waals surface area contributed by atoms with E-state index in [1.165, 1.54) is 0 Å². The quantitative estimate of drug-likeness (QED) is 0.800. The Morgan fingerprint density at radius 2 is 2.00 bits per heavy atom. The van der Waals surface area contributed by atoms with Crippen LogP contribution in [0.25, 0.3) is 0 Å². The van der Waals surface area contributed by atoms with Crippen LogP contribution in [0.5, 0.6) is 0 Å². The van der Waals surface area contributed by atoms with Crippen LogP contribution < -0.4 is 0 Å². The van der Waals surface area contributed by atoms with Crippen LogP contribution >= 0.6 is 0 Å². The van der Waals surface area contributed by atoms with Crippen molar-refractivity contribution in [1.29, 1.82) is 0 Å². The fourth-order valence-electron chi connectivity index (χ4n) is 3.46. The Labute approximate surface area is 149 Å². The van der Waals surface area contributed by atoms with Gasteiger partial charge in [-0.15, -0.1) is 0 Å². The first-order chi connectivity index (χ1) is 11.6. The standard InChI is InChI=1S/C18H26N2O4S/c1-13-10-20(18(3,4)12-24-13)25(22,23)17-6-5-15-7-8-19(14(2)21)11-16(15)9-17/h5-6,9,13H,7-8,10-12H2,1-4H3. The van der Waals surface area contributed by atoms with Gasteiger partial charge in [-0.2, -0.15) is 4.31 Å². The maximum atomic E-state index is 13.2. The van der Waals surface area contributed by atoms with Crippen LogP contribution in [0.1, 0.15) is 38.8 Å². The predicted molar refractivity (Wildman–Crippen MR) is 94.6 cm³/mol. The fraction of sp³-hybridized carbons (Fsp3) is 0.611. The lowest BCUT2D eigenvalue weighted by Gasteiger charge is -2.43. The van der Waals surface area contributed by atoms with Crippen molar-refractivity contribution in [2.45, 2.75) is 57.2 Å². The van der Waals surface area contributed by atoms with E-state index in [2.05, 4.69) is 0 Å². The molecule has 0 aliphatic carbocycles. The number of benzene rings is 1. The second kappa shape index (κ2) is 6.37. The highest BCUT2D eigenvalue weighted by Crippen LogP contribution is 2.31. The lowest BCUT2D eigenvalue weighted by atomic mass is 10.00. The van der Waals surface area contributed by atoms with Gasteiger partial charge in [0.05, 0.1) is 23.1 Å². The van der Waals surface area contributed by atoms with E-state index in [0.29, 0.717) is 31.1 Å². The summed E-state index contributed by atoms with van der Waals surface area (Å²) in [6.07, 6.45) is 0.628. The molecule has 0 aromatic heterocycles. The van der Waals surface area contributed by atoms with Gasteiger partial charge in [0.1, 0.15) is 0 Å². The normalized spacial score (nSPS) is 24.0. The van der Waals surface area contributed by atoms with E-state index in [-0.39, 0.29) is 12.0 Å². The van der Waals surface area contributed by atoms with E-state index in [0.717, 1.165) is 17.5 Å². The SMILES string of the molecule is CC(=O)N1CCc2ccc(S(=O)(=O)N3CC(C)OCC3(C)C)cc2C1. The second-order valence-electron chi connectivity index (χ2n) is 7.59. The highest BCUT2D eigenvalue weighted by Gasteiger charge is 2.42. The van der Waals surface area contributed by atoms with Gasteiger partial charge in [0, 0.05) is 26.6 Å². The number of carbonyl (C=O) groups is 1. The van der Waals surface area contributed by atoms with Gasteiger partial charge in [0.25, 0.3) is 0 Å². The van der Waals surface area contributed by atoms with E-state index in [4.69, 9.17) is 4.74 Å². The largest absolute Gasteiger partial charge is 0.375 e.